The van der Waals surface area contributed by atoms with Crippen LogP contribution in [0.25, 0.3) is 0 Å². The van der Waals surface area contributed by atoms with E-state index in [-0.39, 0.29) is 18.0 Å². The highest BCUT2D eigenvalue weighted by Crippen LogP contribution is 2.27. The van der Waals surface area contributed by atoms with Gasteiger partial charge in [0.1, 0.15) is 5.78 Å². The summed E-state index contributed by atoms with van der Waals surface area (Å²) in [4.78, 5) is 12.1. The van der Waals surface area contributed by atoms with Crippen molar-refractivity contribution in [2.75, 3.05) is 7.11 Å². The number of aryl methyl sites for hydroxylation is 3. The minimum atomic E-state index is -0.648. The third-order valence-electron chi connectivity index (χ3n) is 4.25. The molecule has 0 amide bonds. The number of rotatable bonds is 9. The third kappa shape index (κ3) is 6.24. The van der Waals surface area contributed by atoms with Gasteiger partial charge in [-0.15, -0.1) is 0 Å². The molecule has 2 aromatic rings. The average Bonchev–Trinajstić information content (AvgIpc) is 2.59. The number of phenols is 1. The minimum absolute atomic E-state index is 0.0808. The maximum absolute atomic E-state index is 12.1. The largest absolute Gasteiger partial charge is 0.504 e. The third-order valence-corrected chi connectivity index (χ3v) is 4.25. The van der Waals surface area contributed by atoms with Gasteiger partial charge < -0.3 is 14.9 Å². The Hall–Kier alpha value is -2.33. The lowest BCUT2D eigenvalue weighted by atomic mass is 9.99. The number of carbonyl (C=O) groups is 1. The van der Waals surface area contributed by atoms with Crippen LogP contribution in [-0.2, 0) is 17.6 Å². The molecule has 0 aliphatic carbocycles. The molecular formula is C21H26O4. The fraction of sp³-hybridized carbons (Fsp3) is 0.381. The molecule has 0 saturated carbocycles. The Morgan fingerprint density at radius 1 is 1.12 bits per heavy atom. The highest BCUT2D eigenvalue weighted by atomic mass is 16.5. The summed E-state index contributed by atoms with van der Waals surface area (Å²) in [5, 5.41) is 19.7. The lowest BCUT2D eigenvalue weighted by molar-refractivity contribution is -0.120. The maximum Gasteiger partial charge on any atom is 0.160 e. The molecule has 4 nitrogen and oxygen atoms in total. The van der Waals surface area contributed by atoms with Crippen molar-refractivity contribution >= 4 is 5.78 Å². The second kappa shape index (κ2) is 9.23. The molecule has 2 rings (SSSR count). The highest BCUT2D eigenvalue weighted by molar-refractivity contribution is 5.79. The summed E-state index contributed by atoms with van der Waals surface area (Å²) in [5.74, 6) is 0.594. The van der Waals surface area contributed by atoms with Crippen molar-refractivity contribution in [1.82, 2.24) is 0 Å². The average molecular weight is 342 g/mol. The predicted octanol–water partition coefficient (Wildman–Crippen LogP) is 3.59. The number of hydrogen-bond donors (Lipinski definition) is 2. The summed E-state index contributed by atoms with van der Waals surface area (Å²) in [6, 6.07) is 13.3. The van der Waals surface area contributed by atoms with Gasteiger partial charge in [0, 0.05) is 12.8 Å². The first kappa shape index (κ1) is 19.0. The zero-order valence-electron chi connectivity index (χ0n) is 14.9. The Balaban J connectivity index is 1.75. The van der Waals surface area contributed by atoms with Crippen LogP contribution in [0, 0.1) is 6.92 Å². The molecule has 25 heavy (non-hydrogen) atoms. The van der Waals surface area contributed by atoms with Crippen molar-refractivity contribution in [3.05, 3.63) is 59.2 Å². The monoisotopic (exact) mass is 342 g/mol. The molecule has 1 atom stereocenters. The molecule has 0 radical (unpaired) electrons. The molecule has 0 heterocycles. The minimum Gasteiger partial charge on any atom is -0.504 e. The van der Waals surface area contributed by atoms with E-state index >= 15 is 0 Å². The summed E-state index contributed by atoms with van der Waals surface area (Å²) in [7, 11) is 1.50. The van der Waals surface area contributed by atoms with Crippen LogP contribution < -0.4 is 4.74 Å². The van der Waals surface area contributed by atoms with Crippen molar-refractivity contribution in [2.24, 2.45) is 0 Å². The van der Waals surface area contributed by atoms with Crippen LogP contribution >= 0.6 is 0 Å². The van der Waals surface area contributed by atoms with Crippen LogP contribution in [0.3, 0.4) is 0 Å². The predicted molar refractivity (Wildman–Crippen MR) is 98.1 cm³/mol. The Labute approximate surface area is 149 Å². The second-order valence-corrected chi connectivity index (χ2v) is 6.43. The molecule has 0 bridgehead atoms. The van der Waals surface area contributed by atoms with Crippen LogP contribution in [0.4, 0.5) is 0 Å². The van der Waals surface area contributed by atoms with E-state index in [1.165, 1.54) is 12.7 Å². The van der Waals surface area contributed by atoms with Gasteiger partial charge in [0.15, 0.2) is 11.5 Å². The molecule has 2 N–H and O–H groups in total. The first-order valence-corrected chi connectivity index (χ1v) is 8.59. The van der Waals surface area contributed by atoms with E-state index in [2.05, 4.69) is 6.07 Å². The van der Waals surface area contributed by atoms with Crippen molar-refractivity contribution in [3.8, 4) is 11.5 Å². The molecule has 0 saturated heterocycles. The number of benzene rings is 2. The van der Waals surface area contributed by atoms with Crippen molar-refractivity contribution in [3.63, 3.8) is 0 Å². The Morgan fingerprint density at radius 3 is 2.60 bits per heavy atom. The second-order valence-electron chi connectivity index (χ2n) is 6.43. The number of carbonyl (C=O) groups excluding carboxylic acids is 1. The van der Waals surface area contributed by atoms with Gasteiger partial charge in [0.2, 0.25) is 0 Å². The summed E-state index contributed by atoms with van der Waals surface area (Å²) < 4.78 is 5.07. The molecule has 0 aliphatic heterocycles. The van der Waals surface area contributed by atoms with Gasteiger partial charge in [-0.1, -0.05) is 35.9 Å². The summed E-state index contributed by atoms with van der Waals surface area (Å²) in [5.41, 5.74) is 3.30. The molecule has 2 aromatic carbocycles. The number of Topliss-reactive ketones (excluding diaryl/α,β-unsaturated/α-hetero) is 1. The molecule has 1 unspecified atom stereocenters. The lowest BCUT2D eigenvalue weighted by Gasteiger charge is -2.11. The van der Waals surface area contributed by atoms with E-state index in [1.54, 1.807) is 18.2 Å². The molecule has 0 fully saturated rings. The summed E-state index contributed by atoms with van der Waals surface area (Å²) >= 11 is 0. The van der Waals surface area contributed by atoms with Crippen LogP contribution in [0.5, 0.6) is 11.5 Å². The lowest BCUT2D eigenvalue weighted by Crippen LogP contribution is -2.15. The molecule has 0 spiro atoms. The number of phenolic OH excluding ortho intramolecular Hbond substituents is 1. The molecule has 134 valence electrons. The van der Waals surface area contributed by atoms with Gasteiger partial charge in [0.05, 0.1) is 13.2 Å². The number of methoxy groups -OCH3 is 1. The first-order chi connectivity index (χ1) is 12.0. The van der Waals surface area contributed by atoms with E-state index < -0.39 is 6.10 Å². The van der Waals surface area contributed by atoms with Crippen LogP contribution in [-0.4, -0.2) is 29.2 Å². The van der Waals surface area contributed by atoms with Crippen LogP contribution in [0.15, 0.2) is 42.5 Å². The van der Waals surface area contributed by atoms with Gasteiger partial charge in [-0.3, -0.25) is 4.79 Å². The highest BCUT2D eigenvalue weighted by Gasteiger charge is 2.12. The normalized spacial score (nSPS) is 12.0. The number of aromatic hydroxyl groups is 1. The van der Waals surface area contributed by atoms with E-state index in [0.717, 1.165) is 11.1 Å². The molecular weight excluding hydrogens is 316 g/mol. The van der Waals surface area contributed by atoms with Gasteiger partial charge in [-0.05, 0) is 49.4 Å². The SMILES string of the molecule is COc1cc(CCC(O)CC(=O)CCc2cccc(C)c2)ccc1O. The Kier molecular flexibility index (Phi) is 7.02. The standard InChI is InChI=1S/C21H26O4/c1-15-4-3-5-16(12-15)6-9-18(22)14-19(23)10-7-17-8-11-20(24)21(13-17)25-2/h3-5,8,11-13,19,23-24H,6-7,9-10,14H2,1-2H3. The van der Waals surface area contributed by atoms with Crippen molar-refractivity contribution in [2.45, 2.75) is 45.1 Å². The molecule has 0 aliphatic rings. The summed E-state index contributed by atoms with van der Waals surface area (Å²) in [6.45, 7) is 2.04. The van der Waals surface area contributed by atoms with Gasteiger partial charge >= 0.3 is 0 Å². The molecule has 0 aromatic heterocycles. The number of ketones is 1. The number of ether oxygens (including phenoxy) is 1. The Morgan fingerprint density at radius 2 is 1.88 bits per heavy atom. The van der Waals surface area contributed by atoms with Gasteiger partial charge in [0.25, 0.3) is 0 Å². The fourth-order valence-corrected chi connectivity index (χ4v) is 2.83. The van der Waals surface area contributed by atoms with Gasteiger partial charge in [-0.2, -0.15) is 0 Å². The Bertz CT molecular complexity index is 709. The van der Waals surface area contributed by atoms with E-state index in [0.29, 0.717) is 31.4 Å². The van der Waals surface area contributed by atoms with Crippen LogP contribution in [0.2, 0.25) is 0 Å². The van der Waals surface area contributed by atoms with E-state index in [4.69, 9.17) is 4.74 Å². The van der Waals surface area contributed by atoms with E-state index in [9.17, 15) is 15.0 Å². The zero-order chi connectivity index (χ0) is 18.2. The number of hydrogen-bond acceptors (Lipinski definition) is 4. The first-order valence-electron chi connectivity index (χ1n) is 8.59. The van der Waals surface area contributed by atoms with Crippen LogP contribution in [0.1, 0.15) is 36.0 Å². The van der Waals surface area contributed by atoms with Crippen molar-refractivity contribution in [1.29, 1.82) is 0 Å². The van der Waals surface area contributed by atoms with Crippen molar-refractivity contribution < 1.29 is 19.7 Å². The maximum atomic E-state index is 12.1. The summed E-state index contributed by atoms with van der Waals surface area (Å²) in [6.07, 6.45) is 1.83. The van der Waals surface area contributed by atoms with E-state index in [1.807, 2.05) is 25.1 Å². The smallest absolute Gasteiger partial charge is 0.160 e. The fourth-order valence-electron chi connectivity index (χ4n) is 2.83. The van der Waals surface area contributed by atoms with Gasteiger partial charge in [-0.25, -0.2) is 0 Å². The number of aliphatic hydroxyl groups excluding tert-OH is 1. The molecule has 4 heteroatoms. The topological polar surface area (TPSA) is 66.8 Å². The zero-order valence-corrected chi connectivity index (χ0v) is 14.9. The quantitative estimate of drug-likeness (QED) is 0.731. The number of aliphatic hydroxyl groups is 1.